The molecule has 0 aromatic heterocycles. The molecule has 2 N–H and O–H groups in total. The Labute approximate surface area is 126 Å². The van der Waals surface area contributed by atoms with Crippen molar-refractivity contribution in [3.8, 4) is 0 Å². The van der Waals surface area contributed by atoms with Gasteiger partial charge in [-0.25, -0.2) is 0 Å². The van der Waals surface area contributed by atoms with Gasteiger partial charge in [-0.05, 0) is 65.1 Å². The number of likely N-dealkylation sites (N-methyl/N-ethyl adjacent to an activating group) is 1. The molecule has 0 amide bonds. The van der Waals surface area contributed by atoms with E-state index in [0.717, 1.165) is 18.9 Å². The van der Waals surface area contributed by atoms with Crippen molar-refractivity contribution in [2.24, 2.45) is 5.92 Å². The summed E-state index contributed by atoms with van der Waals surface area (Å²) in [6.45, 7) is 12.5. The second kappa shape index (κ2) is 9.01. The van der Waals surface area contributed by atoms with Crippen LogP contribution in [0.2, 0.25) is 0 Å². The summed E-state index contributed by atoms with van der Waals surface area (Å²) in [4.78, 5) is 2.64. The Morgan fingerprint density at radius 1 is 1.30 bits per heavy atom. The maximum absolute atomic E-state index is 9.65. The first kappa shape index (κ1) is 17.9. The monoisotopic (exact) mass is 284 g/mol. The summed E-state index contributed by atoms with van der Waals surface area (Å²) in [7, 11) is 0. The van der Waals surface area contributed by atoms with Gasteiger partial charge in [-0.1, -0.05) is 26.7 Å². The number of hydrogen-bond donors (Lipinski definition) is 2. The molecule has 1 aliphatic rings. The van der Waals surface area contributed by atoms with Gasteiger partial charge in [0.25, 0.3) is 0 Å². The zero-order chi connectivity index (χ0) is 15.0. The van der Waals surface area contributed by atoms with Crippen molar-refractivity contribution in [3.05, 3.63) is 0 Å². The van der Waals surface area contributed by atoms with Gasteiger partial charge in [0.15, 0.2) is 0 Å². The Morgan fingerprint density at radius 2 is 2.05 bits per heavy atom. The third-order valence-electron chi connectivity index (χ3n) is 4.90. The van der Waals surface area contributed by atoms with Crippen LogP contribution in [0.3, 0.4) is 0 Å². The molecule has 0 aliphatic carbocycles. The molecule has 0 bridgehead atoms. The van der Waals surface area contributed by atoms with Crippen LogP contribution in [0, 0.1) is 5.92 Å². The molecule has 120 valence electrons. The minimum absolute atomic E-state index is 0.136. The van der Waals surface area contributed by atoms with Crippen molar-refractivity contribution in [1.82, 2.24) is 10.2 Å². The van der Waals surface area contributed by atoms with E-state index in [1.807, 2.05) is 0 Å². The zero-order valence-electron chi connectivity index (χ0n) is 14.1. The van der Waals surface area contributed by atoms with Crippen molar-refractivity contribution in [2.45, 2.75) is 77.8 Å². The normalized spacial score (nSPS) is 25.9. The first-order valence-corrected chi connectivity index (χ1v) is 8.64. The smallest absolute Gasteiger partial charge is 0.0611 e. The van der Waals surface area contributed by atoms with Crippen molar-refractivity contribution < 1.29 is 5.11 Å². The largest absolute Gasteiger partial charge is 0.394 e. The molecule has 0 saturated carbocycles. The lowest BCUT2D eigenvalue weighted by Crippen LogP contribution is -2.50. The molecule has 3 unspecified atom stereocenters. The Hall–Kier alpha value is -0.120. The molecule has 1 fully saturated rings. The Morgan fingerprint density at radius 3 is 2.65 bits per heavy atom. The molecule has 0 radical (unpaired) electrons. The van der Waals surface area contributed by atoms with Gasteiger partial charge in [0.1, 0.15) is 0 Å². The predicted molar refractivity (Wildman–Crippen MR) is 87.1 cm³/mol. The van der Waals surface area contributed by atoms with Gasteiger partial charge in [-0.15, -0.1) is 0 Å². The quantitative estimate of drug-likeness (QED) is 0.719. The van der Waals surface area contributed by atoms with E-state index in [1.54, 1.807) is 0 Å². The number of likely N-dealkylation sites (tertiary alicyclic amines) is 1. The average Bonchev–Trinajstić information content (AvgIpc) is 2.65. The lowest BCUT2D eigenvalue weighted by atomic mass is 9.93. The molecule has 1 aliphatic heterocycles. The number of nitrogens with zero attached hydrogens (tertiary/aromatic N) is 1. The van der Waals surface area contributed by atoms with Crippen LogP contribution in [-0.4, -0.2) is 47.8 Å². The van der Waals surface area contributed by atoms with Crippen LogP contribution in [0.1, 0.15) is 66.2 Å². The lowest BCUT2D eigenvalue weighted by Gasteiger charge is -2.36. The summed E-state index contributed by atoms with van der Waals surface area (Å²) in [5, 5.41) is 13.1. The number of aliphatic hydroxyl groups excluding tert-OH is 1. The third-order valence-corrected chi connectivity index (χ3v) is 4.90. The second-order valence-electron chi connectivity index (χ2n) is 6.92. The SMILES string of the molecule is CCCC1CCCN(C(C)CC(C)(CO)NCC)CC1. The molecule has 1 saturated heterocycles. The summed E-state index contributed by atoms with van der Waals surface area (Å²) >= 11 is 0. The van der Waals surface area contributed by atoms with Crippen LogP contribution >= 0.6 is 0 Å². The summed E-state index contributed by atoms with van der Waals surface area (Å²) < 4.78 is 0. The number of rotatable bonds is 8. The van der Waals surface area contributed by atoms with Crippen LogP contribution in [-0.2, 0) is 0 Å². The van der Waals surface area contributed by atoms with Crippen LogP contribution in [0.4, 0.5) is 0 Å². The highest BCUT2D eigenvalue weighted by Gasteiger charge is 2.28. The molecule has 0 spiro atoms. The zero-order valence-corrected chi connectivity index (χ0v) is 14.1. The van der Waals surface area contributed by atoms with Gasteiger partial charge in [-0.2, -0.15) is 0 Å². The summed E-state index contributed by atoms with van der Waals surface area (Å²) in [5.74, 6) is 0.940. The van der Waals surface area contributed by atoms with Crippen LogP contribution in [0.5, 0.6) is 0 Å². The molecule has 3 heteroatoms. The van der Waals surface area contributed by atoms with Gasteiger partial charge in [0, 0.05) is 11.6 Å². The maximum Gasteiger partial charge on any atom is 0.0611 e. The van der Waals surface area contributed by atoms with Crippen LogP contribution in [0.15, 0.2) is 0 Å². The second-order valence-corrected chi connectivity index (χ2v) is 6.92. The standard InChI is InChI=1S/C17H36N2O/c1-5-8-16-9-7-11-19(12-10-16)15(3)13-17(4,14-20)18-6-2/h15-16,18,20H,5-14H2,1-4H3. The fraction of sp³-hybridized carbons (Fsp3) is 1.00. The van der Waals surface area contributed by atoms with Gasteiger partial charge >= 0.3 is 0 Å². The average molecular weight is 284 g/mol. The van der Waals surface area contributed by atoms with E-state index in [4.69, 9.17) is 0 Å². The molecule has 1 rings (SSSR count). The number of hydrogen-bond acceptors (Lipinski definition) is 3. The summed E-state index contributed by atoms with van der Waals surface area (Å²) in [6, 6.07) is 0.548. The molecular formula is C17H36N2O. The molecule has 0 aromatic rings. The Kier molecular flexibility index (Phi) is 8.08. The number of aliphatic hydroxyl groups is 1. The van der Waals surface area contributed by atoms with E-state index in [9.17, 15) is 5.11 Å². The van der Waals surface area contributed by atoms with Crippen LogP contribution in [0.25, 0.3) is 0 Å². The van der Waals surface area contributed by atoms with Crippen molar-refractivity contribution in [3.63, 3.8) is 0 Å². The third kappa shape index (κ3) is 5.71. The molecule has 3 nitrogen and oxygen atoms in total. The first-order valence-electron chi connectivity index (χ1n) is 8.64. The van der Waals surface area contributed by atoms with Crippen molar-refractivity contribution >= 4 is 0 Å². The fourth-order valence-corrected chi connectivity index (χ4v) is 3.73. The first-order chi connectivity index (χ1) is 9.54. The van der Waals surface area contributed by atoms with E-state index in [-0.39, 0.29) is 12.1 Å². The van der Waals surface area contributed by atoms with Crippen LogP contribution < -0.4 is 5.32 Å². The van der Waals surface area contributed by atoms with Gasteiger partial charge in [-0.3, -0.25) is 0 Å². The van der Waals surface area contributed by atoms with E-state index in [2.05, 4.69) is 37.9 Å². The molecule has 3 atom stereocenters. The lowest BCUT2D eigenvalue weighted by molar-refractivity contribution is 0.117. The predicted octanol–water partition coefficient (Wildman–Crippen LogP) is 3.03. The van der Waals surface area contributed by atoms with E-state index < -0.39 is 0 Å². The van der Waals surface area contributed by atoms with Crippen molar-refractivity contribution in [1.29, 1.82) is 0 Å². The van der Waals surface area contributed by atoms with Gasteiger partial charge < -0.3 is 15.3 Å². The highest BCUT2D eigenvalue weighted by molar-refractivity contribution is 4.87. The summed E-state index contributed by atoms with van der Waals surface area (Å²) in [5.41, 5.74) is -0.136. The van der Waals surface area contributed by atoms with E-state index >= 15 is 0 Å². The molecule has 1 heterocycles. The number of nitrogens with one attached hydrogen (secondary N) is 1. The molecular weight excluding hydrogens is 248 g/mol. The molecule has 20 heavy (non-hydrogen) atoms. The van der Waals surface area contributed by atoms with Gasteiger partial charge in [0.05, 0.1) is 6.61 Å². The Balaban J connectivity index is 2.48. The van der Waals surface area contributed by atoms with E-state index in [1.165, 1.54) is 45.2 Å². The molecule has 0 aromatic carbocycles. The fourth-order valence-electron chi connectivity index (χ4n) is 3.73. The highest BCUT2D eigenvalue weighted by atomic mass is 16.3. The topological polar surface area (TPSA) is 35.5 Å². The minimum atomic E-state index is -0.136. The maximum atomic E-state index is 9.65. The van der Waals surface area contributed by atoms with E-state index in [0.29, 0.717) is 6.04 Å². The Bertz CT molecular complexity index is 259. The van der Waals surface area contributed by atoms with Gasteiger partial charge in [0.2, 0.25) is 0 Å². The summed E-state index contributed by atoms with van der Waals surface area (Å²) in [6.07, 6.45) is 7.84. The highest BCUT2D eigenvalue weighted by Crippen LogP contribution is 2.25. The van der Waals surface area contributed by atoms with Crippen molar-refractivity contribution in [2.75, 3.05) is 26.2 Å². The minimum Gasteiger partial charge on any atom is -0.394 e.